The van der Waals surface area contributed by atoms with Crippen LogP contribution >= 0.6 is 0 Å². The van der Waals surface area contributed by atoms with Crippen LogP contribution in [0.4, 0.5) is 0 Å². The first-order chi connectivity index (χ1) is 6.86. The van der Waals surface area contributed by atoms with Crippen molar-refractivity contribution in [2.75, 3.05) is 6.54 Å². The van der Waals surface area contributed by atoms with Crippen molar-refractivity contribution in [3.05, 3.63) is 0 Å². The first-order valence-electron chi connectivity index (χ1n) is 5.81. The molecule has 2 aliphatic rings. The van der Waals surface area contributed by atoms with Crippen LogP contribution in [0.25, 0.3) is 0 Å². The van der Waals surface area contributed by atoms with Gasteiger partial charge in [-0.15, -0.1) is 0 Å². The number of nitrogens with one attached hydrogen (secondary N) is 1. The molecule has 0 spiro atoms. The second-order valence-electron chi connectivity index (χ2n) is 6.12. The van der Waals surface area contributed by atoms with E-state index in [0.717, 1.165) is 5.92 Å². The summed E-state index contributed by atoms with van der Waals surface area (Å²) >= 11 is 0. The molecule has 0 aromatic carbocycles. The van der Waals surface area contributed by atoms with Crippen LogP contribution in [0.15, 0.2) is 0 Å². The number of fused-ring (bicyclic) bond motifs is 2. The van der Waals surface area contributed by atoms with Gasteiger partial charge in [0, 0.05) is 6.04 Å². The molecule has 3 nitrogen and oxygen atoms in total. The lowest BCUT2D eigenvalue weighted by molar-refractivity contribution is -0.136. The standard InChI is InChI=1S/C12H21NO2/c1-11(2)8-4-5-12(3,6-8)10(11)13-7-9(14)15/h8,10,13H,4-7H2,1-3H3,(H,14,15)/t8-,10?,12+/m0/s1. The summed E-state index contributed by atoms with van der Waals surface area (Å²) in [6, 6.07) is 0.361. The van der Waals surface area contributed by atoms with Crippen molar-refractivity contribution >= 4 is 5.97 Å². The Morgan fingerprint density at radius 3 is 2.60 bits per heavy atom. The SMILES string of the molecule is CC1(C)C(NCC(=O)O)[C@]2(C)CC[C@H]1C2. The van der Waals surface area contributed by atoms with E-state index in [1.54, 1.807) is 0 Å². The lowest BCUT2D eigenvalue weighted by Gasteiger charge is -2.43. The molecule has 1 unspecified atom stereocenters. The molecule has 3 atom stereocenters. The highest BCUT2D eigenvalue weighted by molar-refractivity contribution is 5.69. The van der Waals surface area contributed by atoms with Crippen LogP contribution in [0, 0.1) is 16.7 Å². The van der Waals surface area contributed by atoms with E-state index >= 15 is 0 Å². The lowest BCUT2D eigenvalue weighted by Crippen LogP contribution is -2.51. The molecular formula is C12H21NO2. The Morgan fingerprint density at radius 2 is 2.13 bits per heavy atom. The molecule has 2 bridgehead atoms. The Balaban J connectivity index is 2.12. The van der Waals surface area contributed by atoms with Gasteiger partial charge in [0.25, 0.3) is 0 Å². The zero-order valence-electron chi connectivity index (χ0n) is 9.84. The van der Waals surface area contributed by atoms with Crippen molar-refractivity contribution in [2.24, 2.45) is 16.7 Å². The van der Waals surface area contributed by atoms with Crippen LogP contribution in [0.3, 0.4) is 0 Å². The van der Waals surface area contributed by atoms with Crippen LogP contribution in [0.5, 0.6) is 0 Å². The summed E-state index contributed by atoms with van der Waals surface area (Å²) in [6.45, 7) is 6.96. The van der Waals surface area contributed by atoms with Crippen LogP contribution < -0.4 is 5.32 Å². The van der Waals surface area contributed by atoms with Gasteiger partial charge in [-0.25, -0.2) is 0 Å². The predicted molar refractivity (Wildman–Crippen MR) is 58.7 cm³/mol. The van der Waals surface area contributed by atoms with Crippen molar-refractivity contribution in [3.8, 4) is 0 Å². The maximum Gasteiger partial charge on any atom is 0.317 e. The van der Waals surface area contributed by atoms with Crippen molar-refractivity contribution in [3.63, 3.8) is 0 Å². The average molecular weight is 211 g/mol. The number of carboxylic acid groups (broad SMARTS) is 1. The Kier molecular flexibility index (Phi) is 2.34. The van der Waals surface area contributed by atoms with Gasteiger partial charge in [0.2, 0.25) is 0 Å². The maximum atomic E-state index is 10.6. The Labute approximate surface area is 91.2 Å². The normalized spacial score (nSPS) is 42.1. The highest BCUT2D eigenvalue weighted by Crippen LogP contribution is 2.62. The first-order valence-corrected chi connectivity index (χ1v) is 5.81. The third-order valence-corrected chi connectivity index (χ3v) is 4.73. The fourth-order valence-corrected chi connectivity index (χ4v) is 4.00. The van der Waals surface area contributed by atoms with Crippen molar-refractivity contribution in [2.45, 2.75) is 46.1 Å². The molecule has 3 heteroatoms. The number of hydrogen-bond acceptors (Lipinski definition) is 2. The van der Waals surface area contributed by atoms with Gasteiger partial charge in [-0.3, -0.25) is 4.79 Å². The number of rotatable bonds is 3. The van der Waals surface area contributed by atoms with Gasteiger partial charge >= 0.3 is 5.97 Å². The number of carboxylic acids is 1. The summed E-state index contributed by atoms with van der Waals surface area (Å²) in [5.41, 5.74) is 0.575. The lowest BCUT2D eigenvalue weighted by atomic mass is 9.68. The molecule has 0 amide bonds. The molecule has 2 N–H and O–H groups in total. The molecule has 0 aliphatic heterocycles. The quantitative estimate of drug-likeness (QED) is 0.749. The fourth-order valence-electron chi connectivity index (χ4n) is 4.00. The van der Waals surface area contributed by atoms with Gasteiger partial charge in [-0.05, 0) is 36.0 Å². The number of carbonyl (C=O) groups is 1. The van der Waals surface area contributed by atoms with Gasteiger partial charge < -0.3 is 10.4 Å². The van der Waals surface area contributed by atoms with Crippen molar-refractivity contribution in [1.82, 2.24) is 5.32 Å². The molecule has 15 heavy (non-hydrogen) atoms. The Bertz CT molecular complexity index is 283. The van der Waals surface area contributed by atoms with E-state index in [0.29, 0.717) is 11.5 Å². The van der Waals surface area contributed by atoms with Gasteiger partial charge in [0.1, 0.15) is 0 Å². The molecule has 0 aromatic heterocycles. The average Bonchev–Trinajstić information content (AvgIpc) is 2.54. The topological polar surface area (TPSA) is 49.3 Å². The summed E-state index contributed by atoms with van der Waals surface area (Å²) in [6.07, 6.45) is 3.82. The minimum absolute atomic E-state index is 0.0937. The van der Waals surface area contributed by atoms with E-state index in [-0.39, 0.29) is 12.0 Å². The van der Waals surface area contributed by atoms with Gasteiger partial charge in [-0.1, -0.05) is 20.8 Å². The van der Waals surface area contributed by atoms with Crippen LogP contribution in [0.1, 0.15) is 40.0 Å². The van der Waals surface area contributed by atoms with Crippen LogP contribution in [0.2, 0.25) is 0 Å². The minimum Gasteiger partial charge on any atom is -0.480 e. The summed E-state index contributed by atoms with van der Waals surface area (Å²) in [4.78, 5) is 10.6. The highest BCUT2D eigenvalue weighted by atomic mass is 16.4. The van der Waals surface area contributed by atoms with E-state index in [4.69, 9.17) is 5.11 Å². The van der Waals surface area contributed by atoms with E-state index in [1.807, 2.05) is 0 Å². The van der Waals surface area contributed by atoms with Crippen LogP contribution in [-0.2, 0) is 4.79 Å². The monoisotopic (exact) mass is 211 g/mol. The second-order valence-corrected chi connectivity index (χ2v) is 6.12. The van der Waals surface area contributed by atoms with E-state index in [1.165, 1.54) is 19.3 Å². The number of aliphatic carboxylic acids is 1. The first kappa shape index (κ1) is 10.9. The zero-order chi connectivity index (χ0) is 11.3. The second kappa shape index (κ2) is 3.21. The van der Waals surface area contributed by atoms with Gasteiger partial charge in [0.15, 0.2) is 0 Å². The molecule has 86 valence electrons. The molecule has 2 fully saturated rings. The van der Waals surface area contributed by atoms with Crippen molar-refractivity contribution in [1.29, 1.82) is 0 Å². The molecule has 2 rings (SSSR count). The zero-order valence-corrected chi connectivity index (χ0v) is 9.84. The van der Waals surface area contributed by atoms with E-state index in [2.05, 4.69) is 26.1 Å². The molecule has 2 aliphatic carbocycles. The molecule has 0 aromatic rings. The van der Waals surface area contributed by atoms with E-state index in [9.17, 15) is 4.79 Å². The molecule has 0 heterocycles. The molecule has 2 saturated carbocycles. The molecule has 0 saturated heterocycles. The van der Waals surface area contributed by atoms with Crippen molar-refractivity contribution < 1.29 is 9.90 Å². The summed E-state index contributed by atoms with van der Waals surface area (Å²) < 4.78 is 0. The Hall–Kier alpha value is -0.570. The van der Waals surface area contributed by atoms with Gasteiger partial charge in [0.05, 0.1) is 6.54 Å². The van der Waals surface area contributed by atoms with E-state index < -0.39 is 5.97 Å². The smallest absolute Gasteiger partial charge is 0.317 e. The number of hydrogen-bond donors (Lipinski definition) is 2. The highest BCUT2D eigenvalue weighted by Gasteiger charge is 2.58. The molecule has 0 radical (unpaired) electrons. The minimum atomic E-state index is -0.753. The summed E-state index contributed by atoms with van der Waals surface area (Å²) in [5.74, 6) is 0.0194. The van der Waals surface area contributed by atoms with Gasteiger partial charge in [-0.2, -0.15) is 0 Å². The predicted octanol–water partition coefficient (Wildman–Crippen LogP) is 1.88. The summed E-state index contributed by atoms with van der Waals surface area (Å²) in [7, 11) is 0. The largest absolute Gasteiger partial charge is 0.480 e. The fraction of sp³-hybridized carbons (Fsp3) is 0.917. The van der Waals surface area contributed by atoms with Crippen LogP contribution in [-0.4, -0.2) is 23.7 Å². The third kappa shape index (κ3) is 1.57. The molecular weight excluding hydrogens is 190 g/mol. The summed E-state index contributed by atoms with van der Waals surface area (Å²) in [5, 5.41) is 12.0. The maximum absolute atomic E-state index is 10.6. The Morgan fingerprint density at radius 1 is 1.47 bits per heavy atom. The third-order valence-electron chi connectivity index (χ3n) is 4.73.